The number of nitrogens with zero attached hydrogens (tertiary/aromatic N) is 2. The Morgan fingerprint density at radius 1 is 1.23 bits per heavy atom. The highest BCUT2D eigenvalue weighted by Crippen LogP contribution is 2.25. The molecule has 0 saturated heterocycles. The molecule has 0 aliphatic heterocycles. The van der Waals surface area contributed by atoms with Crippen molar-refractivity contribution in [3.05, 3.63) is 39.7 Å². The van der Waals surface area contributed by atoms with E-state index in [1.54, 1.807) is 12.1 Å². The van der Waals surface area contributed by atoms with Crippen molar-refractivity contribution in [3.63, 3.8) is 0 Å². The summed E-state index contributed by atoms with van der Waals surface area (Å²) < 4.78 is 29.9. The van der Waals surface area contributed by atoms with Crippen LogP contribution in [0.2, 0.25) is 10.0 Å². The van der Waals surface area contributed by atoms with Crippen LogP contribution in [0, 0.1) is 5.92 Å². The number of hydrogen-bond donors (Lipinski definition) is 1. The van der Waals surface area contributed by atoms with Gasteiger partial charge in [-0.3, -0.25) is 0 Å². The number of aromatic nitrogens is 2. The summed E-state index contributed by atoms with van der Waals surface area (Å²) in [5.41, 5.74) is 4.38. The summed E-state index contributed by atoms with van der Waals surface area (Å²) in [5, 5.41) is 7.63. The molecule has 120 valence electrons. The molecule has 2 aromatic rings. The second-order valence-corrected chi connectivity index (χ2v) is 7.95. The maximum atomic E-state index is 12.3. The van der Waals surface area contributed by atoms with E-state index in [4.69, 9.17) is 27.6 Å². The zero-order valence-electron chi connectivity index (χ0n) is 12.1. The molecule has 1 aromatic carbocycles. The van der Waals surface area contributed by atoms with Crippen LogP contribution in [0.15, 0.2) is 27.8 Å². The first-order valence-corrected chi connectivity index (χ1v) is 8.94. The molecule has 0 fully saturated rings. The molecule has 2 rings (SSSR count). The highest BCUT2D eigenvalue weighted by atomic mass is 35.5. The van der Waals surface area contributed by atoms with Crippen molar-refractivity contribution in [2.24, 2.45) is 5.92 Å². The molecule has 1 heterocycles. The maximum absolute atomic E-state index is 12.3. The Bertz CT molecular complexity index is 775. The van der Waals surface area contributed by atoms with Crippen LogP contribution < -0.4 is 5.73 Å². The van der Waals surface area contributed by atoms with Gasteiger partial charge in [0, 0.05) is 5.92 Å². The minimum Gasteiger partial charge on any atom is -0.406 e. The molecular formula is C13H16Cl2N3O3S+. The second kappa shape index (κ2) is 6.54. The molecule has 0 bridgehead atoms. The van der Waals surface area contributed by atoms with Gasteiger partial charge in [0.25, 0.3) is 5.89 Å². The zero-order valence-corrected chi connectivity index (χ0v) is 14.4. The summed E-state index contributed by atoms with van der Waals surface area (Å²) in [5.74, 6) is 0.0726. The molecule has 0 spiro atoms. The number of halogens is 2. The molecule has 6 nitrogen and oxygen atoms in total. The van der Waals surface area contributed by atoms with E-state index < -0.39 is 15.1 Å². The topological polar surface area (TPSA) is 101 Å². The standard InChI is InChI=1S/C13H15Cl2N3O3S/c1-7(2)11(16)12-17-18-13(21-12)22(19,20)6-8-3-4-9(14)10(15)5-8/h3-5,7,11H,6,16H2,1-2H3/p+1/t11-/m0/s1. The lowest BCUT2D eigenvalue weighted by Crippen LogP contribution is -2.56. The number of benzene rings is 1. The predicted octanol–water partition coefficient (Wildman–Crippen LogP) is 2.29. The number of rotatable bonds is 5. The third kappa shape index (κ3) is 3.78. The smallest absolute Gasteiger partial charge is 0.336 e. The first-order valence-electron chi connectivity index (χ1n) is 6.54. The van der Waals surface area contributed by atoms with Gasteiger partial charge in [0.05, 0.1) is 15.8 Å². The van der Waals surface area contributed by atoms with E-state index >= 15 is 0 Å². The fraction of sp³-hybridized carbons (Fsp3) is 0.385. The van der Waals surface area contributed by atoms with Crippen LogP contribution in [-0.4, -0.2) is 18.6 Å². The summed E-state index contributed by atoms with van der Waals surface area (Å²) in [7, 11) is -3.75. The van der Waals surface area contributed by atoms with E-state index in [-0.39, 0.29) is 23.6 Å². The number of sulfone groups is 1. The van der Waals surface area contributed by atoms with Crippen molar-refractivity contribution < 1.29 is 18.6 Å². The Balaban J connectivity index is 2.25. The van der Waals surface area contributed by atoms with Crippen molar-refractivity contribution in [3.8, 4) is 0 Å². The van der Waals surface area contributed by atoms with Crippen molar-refractivity contribution >= 4 is 33.0 Å². The minimum atomic E-state index is -3.75. The molecule has 22 heavy (non-hydrogen) atoms. The van der Waals surface area contributed by atoms with E-state index in [1.165, 1.54) is 6.07 Å². The summed E-state index contributed by atoms with van der Waals surface area (Å²) in [6, 6.07) is 4.36. The predicted molar refractivity (Wildman–Crippen MR) is 82.1 cm³/mol. The molecule has 0 radical (unpaired) electrons. The van der Waals surface area contributed by atoms with E-state index in [1.807, 2.05) is 13.8 Å². The first kappa shape index (κ1) is 17.2. The molecule has 1 atom stereocenters. The highest BCUT2D eigenvalue weighted by molar-refractivity contribution is 7.90. The Labute approximate surface area is 138 Å². The number of quaternary nitrogens is 1. The normalized spacial score (nSPS) is 13.5. The quantitative estimate of drug-likeness (QED) is 0.876. The van der Waals surface area contributed by atoms with Crippen LogP contribution in [0.5, 0.6) is 0 Å². The molecule has 9 heteroatoms. The molecule has 0 saturated carbocycles. The highest BCUT2D eigenvalue weighted by Gasteiger charge is 2.27. The Kier molecular flexibility index (Phi) is 5.11. The van der Waals surface area contributed by atoms with Gasteiger partial charge in [0.1, 0.15) is 0 Å². The molecule has 0 aliphatic carbocycles. The van der Waals surface area contributed by atoms with Crippen LogP contribution in [0.4, 0.5) is 0 Å². The van der Waals surface area contributed by atoms with Gasteiger partial charge >= 0.3 is 5.22 Å². The van der Waals surface area contributed by atoms with E-state index in [0.717, 1.165) is 0 Å². The lowest BCUT2D eigenvalue weighted by Gasteiger charge is -2.06. The van der Waals surface area contributed by atoms with E-state index in [9.17, 15) is 8.42 Å². The average molecular weight is 365 g/mol. The third-order valence-corrected chi connectivity index (χ3v) is 5.30. The summed E-state index contributed by atoms with van der Waals surface area (Å²) in [6.45, 7) is 3.87. The average Bonchev–Trinajstić information content (AvgIpc) is 2.92. The van der Waals surface area contributed by atoms with Crippen LogP contribution in [0.25, 0.3) is 0 Å². The monoisotopic (exact) mass is 364 g/mol. The van der Waals surface area contributed by atoms with Gasteiger partial charge in [0.2, 0.25) is 9.84 Å². The zero-order chi connectivity index (χ0) is 16.5. The molecule has 3 N–H and O–H groups in total. The fourth-order valence-corrected chi connectivity index (χ4v) is 3.13. The minimum absolute atomic E-state index is 0.158. The lowest BCUT2D eigenvalue weighted by atomic mass is 10.1. The largest absolute Gasteiger partial charge is 0.406 e. The Morgan fingerprint density at radius 3 is 2.50 bits per heavy atom. The van der Waals surface area contributed by atoms with Gasteiger partial charge in [-0.25, -0.2) is 8.42 Å². The summed E-state index contributed by atoms with van der Waals surface area (Å²) >= 11 is 11.7. The van der Waals surface area contributed by atoms with Gasteiger partial charge in [-0.05, 0) is 17.7 Å². The molecule has 0 aliphatic rings. The molecule has 1 aromatic heterocycles. The van der Waals surface area contributed by atoms with Crippen molar-refractivity contribution in [2.45, 2.75) is 30.9 Å². The SMILES string of the molecule is CC(C)[C@H]([NH3+])c1nnc(S(=O)(=O)Cc2ccc(Cl)c(Cl)c2)o1. The molecule has 0 unspecified atom stereocenters. The van der Waals surface area contributed by atoms with E-state index in [0.29, 0.717) is 15.6 Å². The summed E-state index contributed by atoms with van der Waals surface area (Å²) in [4.78, 5) is 0. The Hall–Kier alpha value is -1.15. The van der Waals surface area contributed by atoms with Crippen molar-refractivity contribution in [1.82, 2.24) is 10.2 Å². The lowest BCUT2D eigenvalue weighted by molar-refractivity contribution is -0.443. The molecular weight excluding hydrogens is 349 g/mol. The number of hydrogen-bond acceptors (Lipinski definition) is 5. The summed E-state index contributed by atoms with van der Waals surface area (Å²) in [6.07, 6.45) is 0. The van der Waals surface area contributed by atoms with Gasteiger partial charge in [-0.2, -0.15) is 0 Å². The van der Waals surface area contributed by atoms with Crippen molar-refractivity contribution in [1.29, 1.82) is 0 Å². The Morgan fingerprint density at radius 2 is 1.91 bits per heavy atom. The van der Waals surface area contributed by atoms with Gasteiger partial charge < -0.3 is 10.2 Å². The van der Waals surface area contributed by atoms with Gasteiger partial charge in [-0.1, -0.05) is 48.2 Å². The second-order valence-electron chi connectivity index (χ2n) is 5.26. The third-order valence-electron chi connectivity index (χ3n) is 3.15. The fourth-order valence-electron chi connectivity index (χ4n) is 1.69. The van der Waals surface area contributed by atoms with Crippen molar-refractivity contribution in [2.75, 3.05) is 0 Å². The molecule has 0 amide bonds. The van der Waals surface area contributed by atoms with Gasteiger partial charge in [0.15, 0.2) is 6.04 Å². The van der Waals surface area contributed by atoms with Crippen LogP contribution >= 0.6 is 23.2 Å². The van der Waals surface area contributed by atoms with Crippen LogP contribution in [0.3, 0.4) is 0 Å². The van der Waals surface area contributed by atoms with Crippen LogP contribution in [-0.2, 0) is 15.6 Å². The van der Waals surface area contributed by atoms with Crippen LogP contribution in [0.1, 0.15) is 31.3 Å². The van der Waals surface area contributed by atoms with E-state index in [2.05, 4.69) is 15.9 Å². The first-order chi connectivity index (χ1) is 10.2. The van der Waals surface area contributed by atoms with Gasteiger partial charge in [-0.15, -0.1) is 5.10 Å². The maximum Gasteiger partial charge on any atom is 0.336 e.